The van der Waals surface area contributed by atoms with Crippen molar-refractivity contribution in [3.05, 3.63) is 0 Å². The van der Waals surface area contributed by atoms with Crippen molar-refractivity contribution in [3.63, 3.8) is 0 Å². The van der Waals surface area contributed by atoms with Crippen LogP contribution in [0, 0.1) is 17.3 Å². The molecule has 3 heteroatoms. The van der Waals surface area contributed by atoms with E-state index in [2.05, 4.69) is 13.8 Å². The lowest BCUT2D eigenvalue weighted by atomic mass is 9.58. The van der Waals surface area contributed by atoms with Gasteiger partial charge in [-0.2, -0.15) is 0 Å². The van der Waals surface area contributed by atoms with Gasteiger partial charge in [0.1, 0.15) is 0 Å². The number of ether oxygens (including phenoxy) is 2. The van der Waals surface area contributed by atoms with Gasteiger partial charge in [0, 0.05) is 12.5 Å². The third kappa shape index (κ3) is 2.42. The number of hydrogen-bond donors (Lipinski definition) is 0. The Labute approximate surface area is 128 Å². The van der Waals surface area contributed by atoms with Gasteiger partial charge in [0.2, 0.25) is 0 Å². The van der Waals surface area contributed by atoms with Crippen LogP contribution in [0.2, 0.25) is 0 Å². The zero-order chi connectivity index (χ0) is 14.3. The van der Waals surface area contributed by atoms with Crippen LogP contribution in [0.15, 0.2) is 0 Å². The molecule has 0 aromatic heterocycles. The summed E-state index contributed by atoms with van der Waals surface area (Å²) in [6, 6.07) is 0. The van der Waals surface area contributed by atoms with Crippen molar-refractivity contribution in [2.24, 2.45) is 17.3 Å². The molecule has 0 amide bonds. The lowest BCUT2D eigenvalue weighted by Gasteiger charge is -2.47. The fraction of sp³-hybridized carbons (Fsp3) is 1.00. The predicted molar refractivity (Wildman–Crippen MR) is 82.2 cm³/mol. The summed E-state index contributed by atoms with van der Waals surface area (Å²) in [5.74, 6) is 1.40. The van der Waals surface area contributed by atoms with Gasteiger partial charge in [-0.05, 0) is 43.9 Å². The van der Waals surface area contributed by atoms with Crippen molar-refractivity contribution >= 4 is 11.6 Å². The average molecular weight is 301 g/mol. The summed E-state index contributed by atoms with van der Waals surface area (Å²) in [7, 11) is 1.81. The minimum atomic E-state index is 0.196. The molecule has 1 saturated heterocycles. The number of rotatable bonds is 3. The van der Waals surface area contributed by atoms with E-state index in [1.165, 1.54) is 32.1 Å². The van der Waals surface area contributed by atoms with Crippen LogP contribution >= 0.6 is 11.6 Å². The van der Waals surface area contributed by atoms with E-state index in [1.54, 1.807) is 0 Å². The average Bonchev–Trinajstić information content (AvgIpc) is 3.19. The van der Waals surface area contributed by atoms with Crippen molar-refractivity contribution in [1.82, 2.24) is 0 Å². The fourth-order valence-electron chi connectivity index (χ4n) is 5.10. The molecular weight excluding hydrogens is 272 g/mol. The Hall–Kier alpha value is 0.210. The van der Waals surface area contributed by atoms with Crippen LogP contribution in [0.1, 0.15) is 58.8 Å². The van der Waals surface area contributed by atoms with Crippen LogP contribution in [-0.2, 0) is 9.47 Å². The van der Waals surface area contributed by atoms with Crippen LogP contribution in [0.4, 0.5) is 0 Å². The zero-order valence-electron chi connectivity index (χ0n) is 13.1. The molecule has 3 rings (SSSR count). The smallest absolute Gasteiger partial charge is 0.0903 e. The van der Waals surface area contributed by atoms with E-state index in [9.17, 15) is 0 Å². The van der Waals surface area contributed by atoms with Crippen molar-refractivity contribution in [1.29, 1.82) is 0 Å². The first-order valence-corrected chi connectivity index (χ1v) is 8.85. The normalized spacial score (nSPS) is 48.8. The Balaban J connectivity index is 1.83. The second-order valence-corrected chi connectivity index (χ2v) is 7.97. The number of hydrogen-bond acceptors (Lipinski definition) is 2. The van der Waals surface area contributed by atoms with Crippen molar-refractivity contribution in [2.45, 2.75) is 82.5 Å². The molecule has 1 heterocycles. The topological polar surface area (TPSA) is 21.8 Å². The molecule has 0 spiro atoms. The SMILES string of the molecule is COC1CC(C2(C(C)C)CCCCC3OC32)CCC1Cl. The number of methoxy groups -OCH3 is 1. The maximum Gasteiger partial charge on any atom is 0.0903 e. The minimum Gasteiger partial charge on any atom is -0.380 e. The fourth-order valence-corrected chi connectivity index (χ4v) is 5.44. The number of halogens is 1. The van der Waals surface area contributed by atoms with Gasteiger partial charge in [-0.3, -0.25) is 0 Å². The van der Waals surface area contributed by atoms with Crippen molar-refractivity contribution in [2.75, 3.05) is 7.11 Å². The Morgan fingerprint density at radius 3 is 2.70 bits per heavy atom. The van der Waals surface area contributed by atoms with Gasteiger partial charge >= 0.3 is 0 Å². The molecule has 2 aliphatic carbocycles. The quantitative estimate of drug-likeness (QED) is 0.569. The molecule has 3 aliphatic rings. The molecular formula is C17H29ClO2. The Morgan fingerprint density at radius 2 is 2.00 bits per heavy atom. The molecule has 6 atom stereocenters. The zero-order valence-corrected chi connectivity index (χ0v) is 13.9. The van der Waals surface area contributed by atoms with Crippen LogP contribution in [0.5, 0.6) is 0 Å². The lowest BCUT2D eigenvalue weighted by molar-refractivity contribution is -0.0301. The first-order valence-electron chi connectivity index (χ1n) is 8.42. The van der Waals surface area contributed by atoms with Crippen LogP contribution < -0.4 is 0 Å². The highest BCUT2D eigenvalue weighted by Crippen LogP contribution is 2.58. The Bertz CT molecular complexity index is 346. The maximum atomic E-state index is 6.43. The summed E-state index contributed by atoms with van der Waals surface area (Å²) in [6.07, 6.45) is 10.1. The summed E-state index contributed by atoms with van der Waals surface area (Å²) in [5.41, 5.74) is 0.370. The highest BCUT2D eigenvalue weighted by molar-refractivity contribution is 6.21. The Kier molecular flexibility index (Phi) is 4.37. The summed E-state index contributed by atoms with van der Waals surface area (Å²) in [6.45, 7) is 4.80. The van der Waals surface area contributed by atoms with Crippen molar-refractivity contribution < 1.29 is 9.47 Å². The van der Waals surface area contributed by atoms with Gasteiger partial charge in [0.15, 0.2) is 0 Å². The third-order valence-corrected chi connectivity index (χ3v) is 6.81. The largest absolute Gasteiger partial charge is 0.380 e. The third-order valence-electron chi connectivity index (χ3n) is 6.31. The van der Waals surface area contributed by atoms with E-state index in [0.29, 0.717) is 23.5 Å². The molecule has 0 radical (unpaired) electrons. The Morgan fingerprint density at radius 1 is 1.20 bits per heavy atom. The summed E-state index contributed by atoms with van der Waals surface area (Å²) in [4.78, 5) is 0. The van der Waals surface area contributed by atoms with E-state index in [-0.39, 0.29) is 11.5 Å². The van der Waals surface area contributed by atoms with Gasteiger partial charge < -0.3 is 9.47 Å². The summed E-state index contributed by atoms with van der Waals surface area (Å²) < 4.78 is 11.8. The molecule has 2 saturated carbocycles. The molecule has 0 N–H and O–H groups in total. The molecule has 6 unspecified atom stereocenters. The molecule has 1 aliphatic heterocycles. The number of fused-ring (bicyclic) bond motifs is 1. The minimum absolute atomic E-state index is 0.196. The van der Waals surface area contributed by atoms with Crippen LogP contribution in [0.25, 0.3) is 0 Å². The van der Waals surface area contributed by atoms with E-state index < -0.39 is 0 Å². The van der Waals surface area contributed by atoms with E-state index in [0.717, 1.165) is 18.8 Å². The van der Waals surface area contributed by atoms with E-state index >= 15 is 0 Å². The summed E-state index contributed by atoms with van der Waals surface area (Å²) in [5, 5.41) is 0.196. The second-order valence-electron chi connectivity index (χ2n) is 7.41. The van der Waals surface area contributed by atoms with Gasteiger partial charge in [-0.15, -0.1) is 11.6 Å². The second kappa shape index (κ2) is 5.78. The van der Waals surface area contributed by atoms with Gasteiger partial charge in [0.25, 0.3) is 0 Å². The first-order chi connectivity index (χ1) is 9.59. The van der Waals surface area contributed by atoms with Crippen LogP contribution in [0.3, 0.4) is 0 Å². The lowest BCUT2D eigenvalue weighted by Crippen LogP contribution is -2.46. The van der Waals surface area contributed by atoms with Gasteiger partial charge in [-0.25, -0.2) is 0 Å². The standard InChI is InChI=1S/C17H29ClO2/c1-11(2)17(9-5-4-6-14-16(17)20-14)12-7-8-13(18)15(10-12)19-3/h11-16H,4-10H2,1-3H3. The van der Waals surface area contributed by atoms with E-state index in [4.69, 9.17) is 21.1 Å². The number of alkyl halides is 1. The summed E-state index contributed by atoms with van der Waals surface area (Å²) >= 11 is 6.43. The van der Waals surface area contributed by atoms with Gasteiger partial charge in [0.05, 0.1) is 23.7 Å². The molecule has 0 bridgehead atoms. The van der Waals surface area contributed by atoms with Crippen LogP contribution in [-0.4, -0.2) is 30.8 Å². The maximum absolute atomic E-state index is 6.43. The molecule has 0 aromatic carbocycles. The highest BCUT2D eigenvalue weighted by Gasteiger charge is 2.60. The monoisotopic (exact) mass is 300 g/mol. The first kappa shape index (κ1) is 15.1. The van der Waals surface area contributed by atoms with E-state index in [1.807, 2.05) is 7.11 Å². The molecule has 3 fully saturated rings. The van der Waals surface area contributed by atoms with Crippen molar-refractivity contribution in [3.8, 4) is 0 Å². The predicted octanol–water partition coefficient (Wildman–Crippen LogP) is 4.39. The molecule has 116 valence electrons. The molecule has 2 nitrogen and oxygen atoms in total. The molecule has 20 heavy (non-hydrogen) atoms. The molecule has 0 aromatic rings. The van der Waals surface area contributed by atoms with Gasteiger partial charge in [-0.1, -0.05) is 26.7 Å². The number of epoxide rings is 1. The highest BCUT2D eigenvalue weighted by atomic mass is 35.5.